The first-order valence-corrected chi connectivity index (χ1v) is 8.10. The third-order valence-corrected chi connectivity index (χ3v) is 4.59. The lowest BCUT2D eigenvalue weighted by molar-refractivity contribution is 0.0619. The molecule has 3 nitrogen and oxygen atoms in total. The minimum Gasteiger partial charge on any atom is -0.393 e. The maximum Gasteiger partial charge on any atom is 0.0816 e. The Kier molecular flexibility index (Phi) is 5.36. The Morgan fingerprint density at radius 1 is 1.14 bits per heavy atom. The van der Waals surface area contributed by atoms with E-state index in [4.69, 9.17) is 18.0 Å². The van der Waals surface area contributed by atoms with Crippen LogP contribution in [0.2, 0.25) is 0 Å². The van der Waals surface area contributed by atoms with Gasteiger partial charge in [0.05, 0.1) is 4.99 Å². The van der Waals surface area contributed by atoms with Crippen LogP contribution in [0, 0.1) is 0 Å². The molecule has 116 valence electrons. The van der Waals surface area contributed by atoms with Gasteiger partial charge < -0.3 is 5.73 Å². The zero-order valence-corrected chi connectivity index (χ0v) is 14.2. The van der Waals surface area contributed by atoms with Crippen molar-refractivity contribution in [3.05, 3.63) is 35.9 Å². The number of benzene rings is 1. The van der Waals surface area contributed by atoms with Crippen molar-refractivity contribution in [1.82, 2.24) is 9.80 Å². The van der Waals surface area contributed by atoms with Crippen molar-refractivity contribution < 1.29 is 0 Å². The van der Waals surface area contributed by atoms with E-state index >= 15 is 0 Å². The van der Waals surface area contributed by atoms with Gasteiger partial charge in [0, 0.05) is 44.2 Å². The van der Waals surface area contributed by atoms with Gasteiger partial charge in [0.25, 0.3) is 0 Å². The maximum absolute atomic E-state index is 5.98. The number of rotatable bonds is 4. The first-order valence-electron chi connectivity index (χ1n) is 7.69. The predicted octanol–water partition coefficient (Wildman–Crippen LogP) is 2.47. The second-order valence-electron chi connectivity index (χ2n) is 6.82. The molecule has 2 rings (SSSR count). The number of thiocarbonyl (C=S) groups is 1. The van der Waals surface area contributed by atoms with Gasteiger partial charge in [-0.05, 0) is 26.3 Å². The van der Waals surface area contributed by atoms with Crippen molar-refractivity contribution in [3.63, 3.8) is 0 Å². The van der Waals surface area contributed by atoms with Crippen molar-refractivity contribution in [2.45, 2.75) is 32.2 Å². The number of piperazine rings is 1. The molecule has 1 saturated heterocycles. The summed E-state index contributed by atoms with van der Waals surface area (Å²) < 4.78 is 0. The first-order chi connectivity index (χ1) is 9.88. The molecule has 0 saturated carbocycles. The second-order valence-corrected chi connectivity index (χ2v) is 7.30. The van der Waals surface area contributed by atoms with E-state index in [9.17, 15) is 0 Å². The summed E-state index contributed by atoms with van der Waals surface area (Å²) >= 11 is 5.29. The van der Waals surface area contributed by atoms with Gasteiger partial charge in [0.15, 0.2) is 0 Å². The molecule has 1 aromatic carbocycles. The summed E-state index contributed by atoms with van der Waals surface area (Å²) in [5, 5.41) is 0. The van der Waals surface area contributed by atoms with E-state index in [1.807, 2.05) is 6.07 Å². The third kappa shape index (κ3) is 4.50. The smallest absolute Gasteiger partial charge is 0.0816 e. The number of nitrogens with zero attached hydrogens (tertiary/aromatic N) is 2. The van der Waals surface area contributed by atoms with Gasteiger partial charge in [-0.1, -0.05) is 42.5 Å². The van der Waals surface area contributed by atoms with Gasteiger partial charge in [0.2, 0.25) is 0 Å². The van der Waals surface area contributed by atoms with Crippen LogP contribution in [0.25, 0.3) is 0 Å². The molecule has 0 spiro atoms. The van der Waals surface area contributed by atoms with Gasteiger partial charge in [-0.2, -0.15) is 0 Å². The van der Waals surface area contributed by atoms with Crippen molar-refractivity contribution in [1.29, 1.82) is 0 Å². The first kappa shape index (κ1) is 16.4. The Balaban J connectivity index is 1.96. The Morgan fingerprint density at radius 2 is 1.71 bits per heavy atom. The van der Waals surface area contributed by atoms with Gasteiger partial charge in [0.1, 0.15) is 0 Å². The van der Waals surface area contributed by atoms with E-state index in [0.29, 0.717) is 4.99 Å². The number of nitrogens with two attached hydrogens (primary N) is 1. The molecular formula is C17H27N3S. The fourth-order valence-corrected chi connectivity index (χ4v) is 3.12. The molecule has 0 aliphatic carbocycles. The van der Waals surface area contributed by atoms with E-state index in [0.717, 1.165) is 32.7 Å². The maximum atomic E-state index is 5.98. The van der Waals surface area contributed by atoms with E-state index < -0.39 is 0 Å². The van der Waals surface area contributed by atoms with Crippen LogP contribution in [0.3, 0.4) is 0 Å². The normalized spacial score (nSPS) is 19.4. The van der Waals surface area contributed by atoms with Crippen molar-refractivity contribution in [2.24, 2.45) is 5.73 Å². The van der Waals surface area contributed by atoms with E-state index in [-0.39, 0.29) is 11.5 Å². The van der Waals surface area contributed by atoms with Gasteiger partial charge in [-0.3, -0.25) is 9.80 Å². The van der Waals surface area contributed by atoms with Gasteiger partial charge in [-0.15, -0.1) is 0 Å². The quantitative estimate of drug-likeness (QED) is 0.866. The average molecular weight is 305 g/mol. The molecule has 0 radical (unpaired) electrons. The van der Waals surface area contributed by atoms with Crippen molar-refractivity contribution in [3.8, 4) is 0 Å². The molecule has 1 aromatic rings. The second kappa shape index (κ2) is 6.86. The van der Waals surface area contributed by atoms with Crippen LogP contribution in [0.15, 0.2) is 30.3 Å². The molecule has 0 amide bonds. The highest BCUT2D eigenvalue weighted by Crippen LogP contribution is 2.20. The molecule has 0 bridgehead atoms. The summed E-state index contributed by atoms with van der Waals surface area (Å²) in [6, 6.07) is 10.4. The fraction of sp³-hybridized carbons (Fsp3) is 0.588. The molecule has 4 heteroatoms. The fourth-order valence-electron chi connectivity index (χ4n) is 2.90. The van der Waals surface area contributed by atoms with Crippen LogP contribution in [0.1, 0.15) is 32.3 Å². The molecule has 0 aromatic heterocycles. The largest absolute Gasteiger partial charge is 0.393 e. The Labute approximate surface area is 134 Å². The predicted molar refractivity (Wildman–Crippen MR) is 93.7 cm³/mol. The van der Waals surface area contributed by atoms with Crippen LogP contribution in [-0.2, 0) is 0 Å². The zero-order valence-electron chi connectivity index (χ0n) is 13.4. The molecule has 1 aliphatic heterocycles. The molecule has 1 heterocycles. The molecule has 1 unspecified atom stereocenters. The number of hydrogen-bond donors (Lipinski definition) is 1. The topological polar surface area (TPSA) is 32.5 Å². The van der Waals surface area contributed by atoms with Gasteiger partial charge in [-0.25, -0.2) is 0 Å². The molecule has 2 N–H and O–H groups in total. The lowest BCUT2D eigenvalue weighted by Gasteiger charge is -2.43. The third-order valence-electron chi connectivity index (χ3n) is 4.31. The van der Waals surface area contributed by atoms with Gasteiger partial charge >= 0.3 is 0 Å². The minimum atomic E-state index is 0.155. The van der Waals surface area contributed by atoms with Crippen LogP contribution in [0.4, 0.5) is 0 Å². The highest BCUT2D eigenvalue weighted by Gasteiger charge is 2.27. The monoisotopic (exact) mass is 305 g/mol. The highest BCUT2D eigenvalue weighted by atomic mass is 32.1. The van der Waals surface area contributed by atoms with Crippen LogP contribution < -0.4 is 5.73 Å². The average Bonchev–Trinajstić information content (AvgIpc) is 2.45. The van der Waals surface area contributed by atoms with E-state index in [1.165, 1.54) is 5.56 Å². The summed E-state index contributed by atoms with van der Waals surface area (Å²) in [7, 11) is 0. The SMILES string of the molecule is CC(C)(C)N1CCN(CC(C(N)=S)c2ccccc2)CC1. The summed E-state index contributed by atoms with van der Waals surface area (Å²) in [6.45, 7) is 12.2. The van der Waals surface area contributed by atoms with Crippen LogP contribution in [-0.4, -0.2) is 53.1 Å². The lowest BCUT2D eigenvalue weighted by atomic mass is 9.98. The standard InChI is InChI=1S/C17H27N3S/c1-17(2,3)20-11-9-19(10-12-20)13-15(16(18)21)14-7-5-4-6-8-14/h4-8,15H,9-13H2,1-3H3,(H2,18,21). The lowest BCUT2D eigenvalue weighted by Crippen LogP contribution is -2.54. The summed E-state index contributed by atoms with van der Waals surface area (Å²) in [6.07, 6.45) is 0. The number of hydrogen-bond acceptors (Lipinski definition) is 3. The Bertz CT molecular complexity index is 459. The Hall–Kier alpha value is -0.970. The molecular weight excluding hydrogens is 278 g/mol. The highest BCUT2D eigenvalue weighted by molar-refractivity contribution is 7.80. The molecule has 1 aliphatic rings. The zero-order chi connectivity index (χ0) is 15.5. The van der Waals surface area contributed by atoms with E-state index in [2.05, 4.69) is 54.8 Å². The minimum absolute atomic E-state index is 0.155. The van der Waals surface area contributed by atoms with Crippen molar-refractivity contribution >= 4 is 17.2 Å². The van der Waals surface area contributed by atoms with E-state index in [1.54, 1.807) is 0 Å². The molecule has 21 heavy (non-hydrogen) atoms. The summed E-state index contributed by atoms with van der Waals surface area (Å²) in [5.41, 5.74) is 7.46. The molecule has 1 atom stereocenters. The van der Waals surface area contributed by atoms with Crippen LogP contribution >= 0.6 is 12.2 Å². The molecule has 1 fully saturated rings. The van der Waals surface area contributed by atoms with Crippen molar-refractivity contribution in [2.75, 3.05) is 32.7 Å². The summed E-state index contributed by atoms with van der Waals surface area (Å²) in [4.78, 5) is 5.63. The summed E-state index contributed by atoms with van der Waals surface area (Å²) in [5.74, 6) is 0.155. The Morgan fingerprint density at radius 3 is 2.19 bits per heavy atom. The van der Waals surface area contributed by atoms with Crippen LogP contribution in [0.5, 0.6) is 0 Å².